The third-order valence-electron chi connectivity index (χ3n) is 4.26. The summed E-state index contributed by atoms with van der Waals surface area (Å²) in [5, 5.41) is 0.721. The van der Waals surface area contributed by atoms with Crippen LogP contribution >= 0.6 is 11.6 Å². The van der Waals surface area contributed by atoms with Gasteiger partial charge in [0.25, 0.3) is 0 Å². The van der Waals surface area contributed by atoms with Crippen molar-refractivity contribution in [1.82, 2.24) is 14.8 Å². The molecule has 1 amide bonds. The van der Waals surface area contributed by atoms with Crippen molar-refractivity contribution in [2.75, 3.05) is 26.2 Å². The zero-order chi connectivity index (χ0) is 15.2. The summed E-state index contributed by atoms with van der Waals surface area (Å²) in [6, 6.07) is 1.97. The zero-order valence-corrected chi connectivity index (χ0v) is 13.6. The zero-order valence-electron chi connectivity index (χ0n) is 12.9. The van der Waals surface area contributed by atoms with Crippen molar-refractivity contribution >= 4 is 17.5 Å². The highest BCUT2D eigenvalue weighted by atomic mass is 35.5. The highest BCUT2D eigenvalue weighted by Crippen LogP contribution is 2.23. The molecular formula is C16H24ClN3O. The molecule has 0 spiro atoms. The number of pyridine rings is 1. The average molecular weight is 310 g/mol. The Hall–Kier alpha value is -1.13. The van der Waals surface area contributed by atoms with E-state index in [1.54, 1.807) is 12.4 Å². The minimum Gasteiger partial charge on any atom is -0.343 e. The highest BCUT2D eigenvalue weighted by Gasteiger charge is 2.27. The van der Waals surface area contributed by atoms with Gasteiger partial charge in [-0.15, -0.1) is 0 Å². The molecule has 0 saturated carbocycles. The molecule has 2 heterocycles. The van der Waals surface area contributed by atoms with Gasteiger partial charge in [0.2, 0.25) is 5.91 Å². The molecule has 0 radical (unpaired) electrons. The highest BCUT2D eigenvalue weighted by molar-refractivity contribution is 6.31. The summed E-state index contributed by atoms with van der Waals surface area (Å²) >= 11 is 6.15. The van der Waals surface area contributed by atoms with E-state index >= 15 is 0 Å². The molecule has 0 atom stereocenters. The number of nitrogens with zero attached hydrogens (tertiary/aromatic N) is 3. The Morgan fingerprint density at radius 2 is 2.05 bits per heavy atom. The second kappa shape index (κ2) is 7.76. The summed E-state index contributed by atoms with van der Waals surface area (Å²) in [6.07, 6.45) is 5.35. The number of carbonyl (C=O) groups is 1. The lowest BCUT2D eigenvalue weighted by molar-refractivity contribution is -0.136. The van der Waals surface area contributed by atoms with Gasteiger partial charge in [0.1, 0.15) is 0 Å². The average Bonchev–Trinajstić information content (AvgIpc) is 2.51. The summed E-state index contributed by atoms with van der Waals surface area (Å²) in [4.78, 5) is 20.7. The summed E-state index contributed by atoms with van der Waals surface area (Å²) in [6.45, 7) is 8.45. The van der Waals surface area contributed by atoms with Gasteiger partial charge in [0.05, 0.1) is 5.02 Å². The molecular weight excluding hydrogens is 286 g/mol. The van der Waals surface area contributed by atoms with E-state index in [4.69, 9.17) is 11.6 Å². The van der Waals surface area contributed by atoms with Gasteiger partial charge >= 0.3 is 0 Å². The number of rotatable bonds is 5. The lowest BCUT2D eigenvalue weighted by atomic mass is 9.95. The van der Waals surface area contributed by atoms with E-state index < -0.39 is 0 Å². The third-order valence-corrected chi connectivity index (χ3v) is 4.60. The number of carbonyl (C=O) groups excluding carboxylic acids is 1. The molecule has 0 aliphatic carbocycles. The van der Waals surface area contributed by atoms with Crippen molar-refractivity contribution in [2.45, 2.75) is 33.2 Å². The summed E-state index contributed by atoms with van der Waals surface area (Å²) in [7, 11) is 0. The fraction of sp³-hybridized carbons (Fsp3) is 0.625. The molecule has 1 aliphatic heterocycles. The van der Waals surface area contributed by atoms with Crippen LogP contribution in [-0.4, -0.2) is 46.9 Å². The number of amides is 1. The first kappa shape index (κ1) is 16.2. The van der Waals surface area contributed by atoms with Crippen molar-refractivity contribution in [2.24, 2.45) is 5.92 Å². The third kappa shape index (κ3) is 4.17. The Kier molecular flexibility index (Phi) is 6.00. The molecule has 0 aromatic carbocycles. The van der Waals surface area contributed by atoms with Gasteiger partial charge in [-0.1, -0.05) is 11.6 Å². The van der Waals surface area contributed by atoms with Gasteiger partial charge < -0.3 is 4.90 Å². The molecule has 1 fully saturated rings. The number of piperidine rings is 1. The van der Waals surface area contributed by atoms with Crippen LogP contribution in [0.15, 0.2) is 18.5 Å². The number of likely N-dealkylation sites (tertiary alicyclic amines) is 1. The molecule has 1 aromatic heterocycles. The van der Waals surface area contributed by atoms with E-state index in [9.17, 15) is 4.79 Å². The first-order valence-corrected chi connectivity index (χ1v) is 8.13. The van der Waals surface area contributed by atoms with Crippen LogP contribution in [0.2, 0.25) is 5.02 Å². The first-order chi connectivity index (χ1) is 10.2. The maximum atomic E-state index is 12.4. The Balaban J connectivity index is 1.86. The molecule has 1 aliphatic rings. The summed E-state index contributed by atoms with van der Waals surface area (Å²) in [5.74, 6) is 0.510. The standard InChI is InChI=1S/C16H24ClN3O/c1-3-20(4-2)16(21)13-6-9-19(10-7-13)12-14-5-8-18-11-15(14)17/h5,8,11,13H,3-4,6-7,9-10,12H2,1-2H3. The van der Waals surface area contributed by atoms with Crippen LogP contribution in [0, 0.1) is 5.92 Å². The van der Waals surface area contributed by atoms with Crippen molar-refractivity contribution in [3.8, 4) is 0 Å². The quantitative estimate of drug-likeness (QED) is 0.839. The normalized spacial score (nSPS) is 16.9. The fourth-order valence-electron chi connectivity index (χ4n) is 2.90. The van der Waals surface area contributed by atoms with Gasteiger partial charge in [-0.25, -0.2) is 0 Å². The molecule has 116 valence electrons. The summed E-state index contributed by atoms with van der Waals surface area (Å²) in [5.41, 5.74) is 1.11. The van der Waals surface area contributed by atoms with E-state index in [2.05, 4.69) is 9.88 Å². The molecule has 1 saturated heterocycles. The second-order valence-corrected chi connectivity index (χ2v) is 5.94. The predicted molar refractivity (Wildman–Crippen MR) is 85.2 cm³/mol. The van der Waals surface area contributed by atoms with Gasteiger partial charge in [0, 0.05) is 37.9 Å². The van der Waals surface area contributed by atoms with Crippen LogP contribution < -0.4 is 0 Å². The van der Waals surface area contributed by atoms with Crippen LogP contribution in [0.3, 0.4) is 0 Å². The van der Waals surface area contributed by atoms with E-state index in [1.165, 1.54) is 0 Å². The molecule has 1 aromatic rings. The van der Waals surface area contributed by atoms with Crippen LogP contribution in [-0.2, 0) is 11.3 Å². The largest absolute Gasteiger partial charge is 0.343 e. The molecule has 21 heavy (non-hydrogen) atoms. The smallest absolute Gasteiger partial charge is 0.225 e. The molecule has 0 unspecified atom stereocenters. The Labute approximate surface area is 132 Å². The molecule has 5 heteroatoms. The van der Waals surface area contributed by atoms with Crippen LogP contribution in [0.4, 0.5) is 0 Å². The van der Waals surface area contributed by atoms with E-state index in [-0.39, 0.29) is 5.92 Å². The fourth-order valence-corrected chi connectivity index (χ4v) is 3.08. The van der Waals surface area contributed by atoms with Gasteiger partial charge in [-0.05, 0) is 51.4 Å². The molecule has 4 nitrogen and oxygen atoms in total. The van der Waals surface area contributed by atoms with Crippen molar-refractivity contribution < 1.29 is 4.79 Å². The van der Waals surface area contributed by atoms with Crippen LogP contribution in [0.1, 0.15) is 32.3 Å². The van der Waals surface area contributed by atoms with Gasteiger partial charge in [0.15, 0.2) is 0 Å². The number of hydrogen-bond donors (Lipinski definition) is 0. The topological polar surface area (TPSA) is 36.4 Å². The van der Waals surface area contributed by atoms with E-state index in [0.29, 0.717) is 5.91 Å². The number of halogens is 1. The monoisotopic (exact) mass is 309 g/mol. The Morgan fingerprint density at radius 3 is 2.62 bits per heavy atom. The second-order valence-electron chi connectivity index (χ2n) is 5.53. The van der Waals surface area contributed by atoms with Crippen molar-refractivity contribution in [3.63, 3.8) is 0 Å². The van der Waals surface area contributed by atoms with Crippen LogP contribution in [0.5, 0.6) is 0 Å². The van der Waals surface area contributed by atoms with Crippen LogP contribution in [0.25, 0.3) is 0 Å². The number of hydrogen-bond acceptors (Lipinski definition) is 3. The molecule has 2 rings (SSSR count). The van der Waals surface area contributed by atoms with E-state index in [0.717, 1.165) is 56.2 Å². The minimum atomic E-state index is 0.189. The van der Waals surface area contributed by atoms with Crippen molar-refractivity contribution in [1.29, 1.82) is 0 Å². The van der Waals surface area contributed by atoms with E-state index in [1.807, 2.05) is 24.8 Å². The first-order valence-electron chi connectivity index (χ1n) is 7.75. The lowest BCUT2D eigenvalue weighted by Gasteiger charge is -2.33. The summed E-state index contributed by atoms with van der Waals surface area (Å²) < 4.78 is 0. The lowest BCUT2D eigenvalue weighted by Crippen LogP contribution is -2.42. The molecule has 0 bridgehead atoms. The van der Waals surface area contributed by atoms with Gasteiger partial charge in [-0.3, -0.25) is 14.7 Å². The maximum absolute atomic E-state index is 12.4. The number of aromatic nitrogens is 1. The SMILES string of the molecule is CCN(CC)C(=O)C1CCN(Cc2ccncc2Cl)CC1. The Morgan fingerprint density at radius 1 is 1.38 bits per heavy atom. The Bertz CT molecular complexity index is 468. The minimum absolute atomic E-state index is 0.189. The van der Waals surface area contributed by atoms with Gasteiger partial charge in [-0.2, -0.15) is 0 Å². The molecule has 0 N–H and O–H groups in total. The maximum Gasteiger partial charge on any atom is 0.225 e. The predicted octanol–water partition coefficient (Wildman–Crippen LogP) is 2.82. The van der Waals surface area contributed by atoms with Crippen molar-refractivity contribution in [3.05, 3.63) is 29.0 Å².